The molecule has 0 aliphatic carbocycles. The van der Waals surface area contributed by atoms with E-state index in [0.29, 0.717) is 12.8 Å². The van der Waals surface area contributed by atoms with Crippen LogP contribution in [0.25, 0.3) is 0 Å². The summed E-state index contributed by atoms with van der Waals surface area (Å²) >= 11 is 0. The highest BCUT2D eigenvalue weighted by molar-refractivity contribution is 7.87. The van der Waals surface area contributed by atoms with Crippen molar-refractivity contribution in [2.75, 3.05) is 6.61 Å². The van der Waals surface area contributed by atoms with Crippen molar-refractivity contribution in [2.45, 2.75) is 56.9 Å². The van der Waals surface area contributed by atoms with Crippen LogP contribution in [0.3, 0.4) is 0 Å². The highest BCUT2D eigenvalue weighted by Gasteiger charge is 2.47. The van der Waals surface area contributed by atoms with E-state index in [4.69, 9.17) is 0 Å². The summed E-state index contributed by atoms with van der Waals surface area (Å²) in [6, 6.07) is 0. The van der Waals surface area contributed by atoms with E-state index in [0.717, 1.165) is 38.5 Å². The van der Waals surface area contributed by atoms with Gasteiger partial charge < -0.3 is 0 Å². The van der Waals surface area contributed by atoms with Gasteiger partial charge >= 0.3 is 15.6 Å². The van der Waals surface area contributed by atoms with E-state index in [1.165, 1.54) is 0 Å². The SMILES string of the molecule is C=CCCCCCCCCCOS(=O)(=O)C(F)(F)F. The number of allylic oxidation sites excluding steroid dienone is 1. The number of unbranched alkanes of at least 4 members (excludes halogenated alkanes) is 7. The van der Waals surface area contributed by atoms with Gasteiger partial charge in [-0.25, -0.2) is 0 Å². The minimum Gasteiger partial charge on any atom is -0.263 e. The molecule has 0 aromatic carbocycles. The summed E-state index contributed by atoms with van der Waals surface area (Å²) in [5.41, 5.74) is -5.32. The monoisotopic (exact) mass is 302 g/mol. The van der Waals surface area contributed by atoms with Crippen molar-refractivity contribution < 1.29 is 25.8 Å². The normalized spacial score (nSPS) is 12.6. The summed E-state index contributed by atoms with van der Waals surface area (Å²) in [5, 5.41) is 0. The lowest BCUT2D eigenvalue weighted by Crippen LogP contribution is -2.25. The Morgan fingerprint density at radius 1 is 0.947 bits per heavy atom. The number of hydrogen-bond acceptors (Lipinski definition) is 3. The van der Waals surface area contributed by atoms with Crippen molar-refractivity contribution in [3.8, 4) is 0 Å². The van der Waals surface area contributed by atoms with Crippen molar-refractivity contribution in [3.63, 3.8) is 0 Å². The van der Waals surface area contributed by atoms with Crippen LogP contribution in [0.4, 0.5) is 13.2 Å². The van der Waals surface area contributed by atoms with Crippen LogP contribution in [0.2, 0.25) is 0 Å². The summed E-state index contributed by atoms with van der Waals surface area (Å²) in [4.78, 5) is 0. The molecular formula is C12H21F3O3S. The first-order valence-electron chi connectivity index (χ1n) is 6.38. The maximum Gasteiger partial charge on any atom is 0.523 e. The van der Waals surface area contributed by atoms with Crippen LogP contribution in [-0.4, -0.2) is 20.5 Å². The quantitative estimate of drug-likeness (QED) is 0.249. The number of halogens is 3. The molecule has 0 fully saturated rings. The Bertz CT molecular complexity index is 337. The first kappa shape index (κ1) is 18.4. The molecule has 0 amide bonds. The third-order valence-electron chi connectivity index (χ3n) is 2.57. The Labute approximate surface area is 113 Å². The average Bonchev–Trinajstić information content (AvgIpc) is 2.30. The van der Waals surface area contributed by atoms with Crippen LogP contribution in [0.5, 0.6) is 0 Å². The molecule has 0 saturated heterocycles. The lowest BCUT2D eigenvalue weighted by molar-refractivity contribution is -0.0542. The third-order valence-corrected chi connectivity index (χ3v) is 3.62. The zero-order valence-corrected chi connectivity index (χ0v) is 11.7. The summed E-state index contributed by atoms with van der Waals surface area (Å²) in [5.74, 6) is 0. The highest BCUT2D eigenvalue weighted by atomic mass is 32.2. The fraction of sp³-hybridized carbons (Fsp3) is 0.833. The zero-order chi connectivity index (χ0) is 14.8. The van der Waals surface area contributed by atoms with Gasteiger partial charge in [0, 0.05) is 0 Å². The molecule has 0 saturated carbocycles. The molecule has 0 unspecified atom stereocenters. The fourth-order valence-electron chi connectivity index (χ4n) is 1.51. The molecule has 0 aliphatic rings. The smallest absolute Gasteiger partial charge is 0.263 e. The van der Waals surface area contributed by atoms with Gasteiger partial charge in [0.25, 0.3) is 0 Å². The predicted octanol–water partition coefficient (Wildman–Crippen LogP) is 4.16. The van der Waals surface area contributed by atoms with Gasteiger partial charge in [-0.3, -0.25) is 4.18 Å². The Balaban J connectivity index is 3.44. The molecule has 114 valence electrons. The largest absolute Gasteiger partial charge is 0.523 e. The average molecular weight is 302 g/mol. The van der Waals surface area contributed by atoms with Gasteiger partial charge in [-0.2, -0.15) is 21.6 Å². The number of hydrogen-bond donors (Lipinski definition) is 0. The second-order valence-corrected chi connectivity index (χ2v) is 5.88. The topological polar surface area (TPSA) is 43.4 Å². The molecule has 0 radical (unpaired) electrons. The van der Waals surface area contributed by atoms with Crippen molar-refractivity contribution >= 4 is 10.1 Å². The zero-order valence-electron chi connectivity index (χ0n) is 10.9. The Kier molecular flexibility index (Phi) is 9.08. The first-order chi connectivity index (χ1) is 8.81. The molecule has 0 aromatic heterocycles. The van der Waals surface area contributed by atoms with Gasteiger partial charge in [0.05, 0.1) is 6.61 Å². The molecule has 0 aromatic rings. The first-order valence-corrected chi connectivity index (χ1v) is 7.78. The van der Waals surface area contributed by atoms with Crippen molar-refractivity contribution in [2.24, 2.45) is 0 Å². The van der Waals surface area contributed by atoms with E-state index >= 15 is 0 Å². The van der Waals surface area contributed by atoms with Crippen LogP contribution in [0.15, 0.2) is 12.7 Å². The Hall–Kier alpha value is -0.560. The molecule has 0 spiro atoms. The Morgan fingerprint density at radius 3 is 1.89 bits per heavy atom. The minimum absolute atomic E-state index is 0.321. The fourth-order valence-corrected chi connectivity index (χ4v) is 1.98. The molecule has 19 heavy (non-hydrogen) atoms. The van der Waals surface area contributed by atoms with E-state index in [2.05, 4.69) is 10.8 Å². The molecule has 0 aliphatic heterocycles. The minimum atomic E-state index is -5.41. The molecule has 7 heteroatoms. The lowest BCUT2D eigenvalue weighted by atomic mass is 10.1. The van der Waals surface area contributed by atoms with Crippen LogP contribution in [-0.2, 0) is 14.3 Å². The van der Waals surface area contributed by atoms with Crippen molar-refractivity contribution in [3.05, 3.63) is 12.7 Å². The van der Waals surface area contributed by atoms with Gasteiger partial charge in [0.15, 0.2) is 0 Å². The van der Waals surface area contributed by atoms with Gasteiger partial charge in [-0.15, -0.1) is 6.58 Å². The molecular weight excluding hydrogens is 281 g/mol. The van der Waals surface area contributed by atoms with Crippen molar-refractivity contribution in [1.29, 1.82) is 0 Å². The van der Waals surface area contributed by atoms with Crippen LogP contribution < -0.4 is 0 Å². The maximum atomic E-state index is 11.9. The van der Waals surface area contributed by atoms with Crippen LogP contribution in [0.1, 0.15) is 51.4 Å². The summed E-state index contributed by atoms with van der Waals surface area (Å²) in [6.07, 6.45) is 9.06. The molecule has 0 heterocycles. The second-order valence-electron chi connectivity index (χ2n) is 4.27. The molecule has 0 rings (SSSR count). The number of rotatable bonds is 11. The highest BCUT2D eigenvalue weighted by Crippen LogP contribution is 2.24. The van der Waals surface area contributed by atoms with Crippen LogP contribution >= 0.6 is 0 Å². The summed E-state index contributed by atoms with van der Waals surface area (Å²) in [6.45, 7) is 3.22. The molecule has 0 N–H and O–H groups in total. The summed E-state index contributed by atoms with van der Waals surface area (Å²) in [7, 11) is -5.41. The van der Waals surface area contributed by atoms with Crippen molar-refractivity contribution in [1.82, 2.24) is 0 Å². The van der Waals surface area contributed by atoms with Gasteiger partial charge in [-0.05, 0) is 19.3 Å². The van der Waals surface area contributed by atoms with E-state index in [1.54, 1.807) is 0 Å². The van der Waals surface area contributed by atoms with Gasteiger partial charge in [0.2, 0.25) is 0 Å². The standard InChI is InChI=1S/C12H21F3O3S/c1-2-3-4-5-6-7-8-9-10-11-18-19(16,17)12(13,14)15/h2H,1,3-11H2. The van der Waals surface area contributed by atoms with Gasteiger partial charge in [0.1, 0.15) is 0 Å². The predicted molar refractivity (Wildman–Crippen MR) is 68.1 cm³/mol. The maximum absolute atomic E-state index is 11.9. The molecule has 3 nitrogen and oxygen atoms in total. The number of alkyl halides is 3. The lowest BCUT2D eigenvalue weighted by Gasteiger charge is -2.07. The third kappa shape index (κ3) is 9.04. The second kappa shape index (κ2) is 9.36. The van der Waals surface area contributed by atoms with Crippen LogP contribution in [0, 0.1) is 0 Å². The van der Waals surface area contributed by atoms with Gasteiger partial charge in [-0.1, -0.05) is 38.2 Å². The molecule has 0 bridgehead atoms. The Morgan fingerprint density at radius 2 is 1.42 bits per heavy atom. The molecule has 0 atom stereocenters. The van der Waals surface area contributed by atoms with E-state index in [-0.39, 0.29) is 0 Å². The summed E-state index contributed by atoms with van der Waals surface area (Å²) < 4.78 is 60.6. The van der Waals surface area contributed by atoms with E-state index in [1.807, 2.05) is 6.08 Å². The van der Waals surface area contributed by atoms with E-state index in [9.17, 15) is 21.6 Å². The van der Waals surface area contributed by atoms with E-state index < -0.39 is 22.2 Å².